The number of primary amides is 1. The number of rotatable bonds is 2. The van der Waals surface area contributed by atoms with Gasteiger partial charge in [0.05, 0.1) is 10.5 Å². The number of hydrogen-bond acceptors (Lipinski definition) is 4. The van der Waals surface area contributed by atoms with E-state index in [1.54, 1.807) is 0 Å². The molecule has 6 nitrogen and oxygen atoms in total. The van der Waals surface area contributed by atoms with Gasteiger partial charge in [-0.3, -0.25) is 14.9 Å². The molecule has 2 N–H and O–H groups in total. The molecule has 1 aromatic rings. The number of ether oxygens (including phenoxy) is 1. The molecule has 0 aromatic heterocycles. The molecule has 0 spiro atoms. The Labute approximate surface area is 156 Å². The average molecular weight is 670 g/mol. The fourth-order valence-electron chi connectivity index (χ4n) is 1.54. The first-order valence-electron chi connectivity index (χ1n) is 5.11. The Hall–Kier alpha value is 0.334. The topological polar surface area (TPSA) is 95.5 Å². The maximum absolute atomic E-state index is 13.4. The Morgan fingerprint density at radius 2 is 2.00 bits per heavy atom. The van der Waals surface area contributed by atoms with Crippen molar-refractivity contribution < 1.29 is 23.8 Å². The van der Waals surface area contributed by atoms with Crippen LogP contribution in [0.25, 0.3) is 6.08 Å². The summed E-state index contributed by atoms with van der Waals surface area (Å²) < 4.78 is 18.3. The molecule has 0 atom stereocenters. The predicted octanol–water partition coefficient (Wildman–Crippen LogP) is 3.59. The summed E-state index contributed by atoms with van der Waals surface area (Å²) in [5.74, 6) is -1.68. The number of nitro groups is 1. The van der Waals surface area contributed by atoms with E-state index in [1.807, 2.05) is 0 Å². The van der Waals surface area contributed by atoms with Crippen LogP contribution in [-0.4, -0.2) is 17.4 Å². The van der Waals surface area contributed by atoms with Gasteiger partial charge in [0.15, 0.2) is 18.2 Å². The molecule has 1 aliphatic heterocycles. The summed E-state index contributed by atoms with van der Waals surface area (Å²) in [7, 11) is 0. The van der Waals surface area contributed by atoms with Crippen LogP contribution in [0.4, 0.5) is 4.39 Å². The summed E-state index contributed by atoms with van der Waals surface area (Å²) >= 11 is 7.39. The Kier molecular flexibility index (Phi) is 8.15. The van der Waals surface area contributed by atoms with E-state index in [0.29, 0.717) is 0 Å². The van der Waals surface area contributed by atoms with Crippen LogP contribution in [-0.2, 0) is 4.92 Å². The molecule has 1 aromatic carbocycles. The number of hydrogen-bond donors (Lipinski definition) is 1. The molecule has 0 radical (unpaired) electrons. The van der Waals surface area contributed by atoms with E-state index in [-0.39, 0.29) is 34.1 Å². The van der Waals surface area contributed by atoms with E-state index in [0.717, 1.165) is 12.1 Å². The van der Waals surface area contributed by atoms with E-state index >= 15 is 0 Å². The van der Waals surface area contributed by atoms with Gasteiger partial charge in [-0.2, -0.15) is 0 Å². The van der Waals surface area contributed by atoms with Gasteiger partial charge in [-0.1, -0.05) is 0 Å². The normalized spacial score (nSPS) is 12.5. The van der Waals surface area contributed by atoms with Gasteiger partial charge in [0, 0.05) is 11.6 Å². The fourth-order valence-corrected chi connectivity index (χ4v) is 1.54. The van der Waals surface area contributed by atoms with Crippen LogP contribution in [0, 0.1) is 15.9 Å². The summed E-state index contributed by atoms with van der Waals surface area (Å²) in [6.45, 7) is -0.348. The summed E-state index contributed by atoms with van der Waals surface area (Å²) in [6, 6.07) is 2.20. The quantitative estimate of drug-likeness (QED) is 0.296. The van der Waals surface area contributed by atoms with Crippen LogP contribution >= 0.6 is 59.9 Å². The summed E-state index contributed by atoms with van der Waals surface area (Å²) in [5, 5.41) is 10.6. The number of benzene rings is 1. The zero-order chi connectivity index (χ0) is 16.2. The third-order valence-electron chi connectivity index (χ3n) is 2.32. The molecule has 114 valence electrons. The monoisotopic (exact) mass is 670 g/mol. The first-order valence-corrected chi connectivity index (χ1v) is 18.6. The first kappa shape index (κ1) is 19.4. The molecule has 2 rings (SSSR count). The van der Waals surface area contributed by atoms with E-state index < -0.39 is 16.6 Å². The van der Waals surface area contributed by atoms with Gasteiger partial charge < -0.3 is 10.5 Å². The van der Waals surface area contributed by atoms with Crippen molar-refractivity contribution in [3.63, 3.8) is 0 Å². The van der Waals surface area contributed by atoms with Crippen molar-refractivity contribution in [2.45, 2.75) is 0 Å². The molecular formula is C10H7FI3N2O4V. The fraction of sp³-hybridized carbons (Fsp3) is 0.100. The molecule has 0 saturated heterocycles. The van der Waals surface area contributed by atoms with Gasteiger partial charge in [0.1, 0.15) is 0 Å². The number of fused-ring (bicyclic) bond motifs is 1. The second-order valence-corrected chi connectivity index (χ2v) is 38.9. The van der Waals surface area contributed by atoms with Crippen LogP contribution in [0.5, 0.6) is 5.75 Å². The molecule has 0 saturated carbocycles. The SMILES string of the molecule is NC(=O)c1ccc(F)c2c1C=C([N+](=O)[O-])CO2.[I][V]([I])[I]. The molecule has 0 unspecified atom stereocenters. The molecule has 0 aliphatic carbocycles. The predicted molar refractivity (Wildman–Crippen MR) is 97.4 cm³/mol. The van der Waals surface area contributed by atoms with Gasteiger partial charge in [0.25, 0.3) is 5.70 Å². The van der Waals surface area contributed by atoms with Gasteiger partial charge in [-0.15, -0.1) is 0 Å². The van der Waals surface area contributed by atoms with Crippen molar-refractivity contribution in [1.82, 2.24) is 0 Å². The molecule has 0 fully saturated rings. The molecule has 1 amide bonds. The molecule has 21 heavy (non-hydrogen) atoms. The second kappa shape index (κ2) is 8.83. The maximum atomic E-state index is 13.4. The Balaban J connectivity index is 0.000000491. The third-order valence-corrected chi connectivity index (χ3v) is 2.32. The van der Waals surface area contributed by atoms with Crippen LogP contribution in [0.15, 0.2) is 17.8 Å². The van der Waals surface area contributed by atoms with Gasteiger partial charge in [-0.05, 0) is 12.1 Å². The van der Waals surface area contributed by atoms with E-state index in [4.69, 9.17) is 10.5 Å². The Morgan fingerprint density at radius 3 is 2.48 bits per heavy atom. The van der Waals surface area contributed by atoms with Crippen molar-refractivity contribution in [3.05, 3.63) is 44.9 Å². The molecular weight excluding hydrogens is 663 g/mol. The van der Waals surface area contributed by atoms with Gasteiger partial charge in [-0.25, -0.2) is 4.39 Å². The first-order chi connectivity index (χ1) is 9.73. The van der Waals surface area contributed by atoms with Crippen molar-refractivity contribution in [2.75, 3.05) is 6.61 Å². The van der Waals surface area contributed by atoms with Crippen LogP contribution < -0.4 is 10.5 Å². The van der Waals surface area contributed by atoms with Crippen LogP contribution in [0.2, 0.25) is 0 Å². The number of halogens is 4. The van der Waals surface area contributed by atoms with Crippen molar-refractivity contribution >= 4 is 71.9 Å². The summed E-state index contributed by atoms with van der Waals surface area (Å²) in [5.41, 5.74) is 4.83. The molecule has 1 heterocycles. The minimum absolute atomic E-state index is 0.00968. The number of carbonyl (C=O) groups is 1. The average Bonchev–Trinajstić information content (AvgIpc) is 2.37. The zero-order valence-corrected chi connectivity index (χ0v) is 17.9. The molecule has 11 heteroatoms. The Bertz CT molecular complexity index is 609. The Morgan fingerprint density at radius 1 is 1.43 bits per heavy atom. The van der Waals surface area contributed by atoms with Gasteiger partial charge >= 0.3 is 64.9 Å². The summed E-state index contributed by atoms with van der Waals surface area (Å²) in [6.07, 6.45) is 1.10. The van der Waals surface area contributed by atoms with Crippen LogP contribution in [0.3, 0.4) is 0 Å². The van der Waals surface area contributed by atoms with E-state index in [2.05, 4.69) is 59.9 Å². The third kappa shape index (κ3) is 5.80. The van der Waals surface area contributed by atoms with Crippen molar-refractivity contribution in [2.24, 2.45) is 5.73 Å². The second-order valence-electron chi connectivity index (χ2n) is 3.58. The van der Waals surface area contributed by atoms with Crippen molar-refractivity contribution in [3.8, 4) is 5.75 Å². The summed E-state index contributed by atoms with van der Waals surface area (Å²) in [4.78, 5) is 20.8. The zero-order valence-electron chi connectivity index (χ0n) is 10.1. The number of carbonyl (C=O) groups excluding carboxylic acids is 1. The van der Waals surface area contributed by atoms with Gasteiger partial charge in [0.2, 0.25) is 5.91 Å². The number of nitrogens with two attached hydrogens (primary N) is 1. The standard InChI is InChI=1S/C10H7FN2O4.3HI.V/c11-8-2-1-6(10(12)14)7-3-5(13(15)16)4-17-9(7)8;;;;/h1-3H,4H2,(H2,12,14);3*1H;/q;;;;+3/p-3. The van der Waals surface area contributed by atoms with E-state index in [9.17, 15) is 19.3 Å². The number of nitrogens with zero attached hydrogens (tertiary/aromatic N) is 1. The van der Waals surface area contributed by atoms with E-state index in [1.165, 1.54) is 6.07 Å². The molecule has 1 aliphatic rings. The number of amides is 1. The van der Waals surface area contributed by atoms with Crippen molar-refractivity contribution in [1.29, 1.82) is 0 Å². The minimum atomic E-state index is -0.800. The van der Waals surface area contributed by atoms with Crippen LogP contribution in [0.1, 0.15) is 15.9 Å². The molecule has 0 bridgehead atoms.